The van der Waals surface area contributed by atoms with E-state index in [1.54, 1.807) is 4.57 Å². The minimum Gasteiger partial charge on any atom is -0.333 e. The Hall–Kier alpha value is -2.95. The van der Waals surface area contributed by atoms with Gasteiger partial charge in [-0.1, -0.05) is 57.9 Å². The fourth-order valence-corrected chi connectivity index (χ4v) is 4.28. The molecule has 1 amide bonds. The summed E-state index contributed by atoms with van der Waals surface area (Å²) in [5, 5.41) is 0.588. The zero-order chi connectivity index (χ0) is 23.1. The molecule has 5 heteroatoms. The van der Waals surface area contributed by atoms with E-state index in [9.17, 15) is 9.59 Å². The Morgan fingerprint density at radius 3 is 2.50 bits per heavy atom. The molecule has 0 bridgehead atoms. The molecule has 0 fully saturated rings. The Morgan fingerprint density at radius 2 is 1.81 bits per heavy atom. The van der Waals surface area contributed by atoms with Crippen LogP contribution in [0.25, 0.3) is 16.6 Å². The number of rotatable bonds is 10. The number of amides is 1. The average molecular weight is 434 g/mol. The number of hydrogen-bond acceptors (Lipinski definition) is 3. The van der Waals surface area contributed by atoms with Crippen molar-refractivity contribution in [2.45, 2.75) is 72.3 Å². The van der Waals surface area contributed by atoms with E-state index in [1.807, 2.05) is 67.3 Å². The maximum absolute atomic E-state index is 13.7. The van der Waals surface area contributed by atoms with Crippen LogP contribution in [0.5, 0.6) is 0 Å². The third-order valence-corrected chi connectivity index (χ3v) is 5.91. The van der Waals surface area contributed by atoms with Crippen LogP contribution in [0.3, 0.4) is 0 Å². The molecule has 3 aromatic rings. The number of para-hydroxylation sites is 1. The van der Waals surface area contributed by atoms with E-state index in [0.717, 1.165) is 36.9 Å². The van der Waals surface area contributed by atoms with Gasteiger partial charge in [0.1, 0.15) is 5.82 Å². The molecule has 0 N–H and O–H groups in total. The number of nitrogens with zero attached hydrogens (tertiary/aromatic N) is 3. The molecule has 0 aliphatic carbocycles. The molecule has 1 aromatic heterocycles. The Kier molecular flexibility index (Phi) is 8.20. The number of unbranched alkanes of at least 4 members (excludes halogenated alkanes) is 2. The van der Waals surface area contributed by atoms with Crippen molar-refractivity contribution < 1.29 is 4.79 Å². The molecule has 1 atom stereocenters. The fraction of sp³-hybridized carbons (Fsp3) is 0.444. The summed E-state index contributed by atoms with van der Waals surface area (Å²) in [5.41, 5.74) is 2.44. The zero-order valence-corrected chi connectivity index (χ0v) is 19.8. The highest BCUT2D eigenvalue weighted by Gasteiger charge is 2.28. The highest BCUT2D eigenvalue weighted by Crippen LogP contribution is 2.27. The lowest BCUT2D eigenvalue weighted by molar-refractivity contribution is -0.134. The van der Waals surface area contributed by atoms with E-state index < -0.39 is 0 Å². The summed E-state index contributed by atoms with van der Waals surface area (Å²) in [7, 11) is 0. The summed E-state index contributed by atoms with van der Waals surface area (Å²) < 4.78 is 1.72. The van der Waals surface area contributed by atoms with E-state index in [2.05, 4.69) is 13.8 Å². The van der Waals surface area contributed by atoms with Crippen LogP contribution in [0.1, 0.15) is 76.7 Å². The SMILES string of the molecule is CCCCCN(C(=O)CCC)C(CC)c1nc2ccccc2c(=O)n1-c1cccc(C)c1. The van der Waals surface area contributed by atoms with Crippen LogP contribution in [-0.2, 0) is 4.79 Å². The molecular weight excluding hydrogens is 398 g/mol. The third kappa shape index (κ3) is 5.09. The van der Waals surface area contributed by atoms with Crippen LogP contribution in [0.4, 0.5) is 0 Å². The van der Waals surface area contributed by atoms with Gasteiger partial charge in [0.05, 0.1) is 22.6 Å². The quantitative estimate of drug-likeness (QED) is 0.370. The molecule has 1 heterocycles. The van der Waals surface area contributed by atoms with Gasteiger partial charge < -0.3 is 4.90 Å². The summed E-state index contributed by atoms with van der Waals surface area (Å²) in [5.74, 6) is 0.774. The second kappa shape index (κ2) is 11.1. The average Bonchev–Trinajstić information content (AvgIpc) is 2.79. The number of hydrogen-bond donors (Lipinski definition) is 0. The Bertz CT molecular complexity index is 1120. The van der Waals surface area contributed by atoms with Gasteiger partial charge in [0.15, 0.2) is 0 Å². The van der Waals surface area contributed by atoms with Crippen LogP contribution in [0.2, 0.25) is 0 Å². The van der Waals surface area contributed by atoms with Crippen molar-refractivity contribution in [3.8, 4) is 5.69 Å². The van der Waals surface area contributed by atoms with Crippen LogP contribution in [0, 0.1) is 6.92 Å². The lowest BCUT2D eigenvalue weighted by Gasteiger charge is -2.32. The number of carbonyl (C=O) groups excluding carboxylic acids is 1. The number of benzene rings is 2. The van der Waals surface area contributed by atoms with Gasteiger partial charge in [-0.15, -0.1) is 0 Å². The molecule has 32 heavy (non-hydrogen) atoms. The van der Waals surface area contributed by atoms with Gasteiger partial charge in [0, 0.05) is 13.0 Å². The number of aromatic nitrogens is 2. The van der Waals surface area contributed by atoms with E-state index in [0.29, 0.717) is 36.1 Å². The van der Waals surface area contributed by atoms with Crippen molar-refractivity contribution in [1.29, 1.82) is 0 Å². The normalized spacial score (nSPS) is 12.1. The van der Waals surface area contributed by atoms with Crippen LogP contribution in [0.15, 0.2) is 53.3 Å². The van der Waals surface area contributed by atoms with Gasteiger partial charge in [-0.25, -0.2) is 4.98 Å². The summed E-state index contributed by atoms with van der Waals surface area (Å²) >= 11 is 0. The van der Waals surface area contributed by atoms with Crippen molar-refractivity contribution in [2.75, 3.05) is 6.54 Å². The smallest absolute Gasteiger partial charge is 0.266 e. The van der Waals surface area contributed by atoms with Gasteiger partial charge >= 0.3 is 0 Å². The number of fused-ring (bicyclic) bond motifs is 1. The topological polar surface area (TPSA) is 55.2 Å². The first-order chi connectivity index (χ1) is 15.5. The summed E-state index contributed by atoms with van der Waals surface area (Å²) in [6, 6.07) is 15.1. The molecule has 0 saturated carbocycles. The minimum absolute atomic E-state index is 0.0916. The highest BCUT2D eigenvalue weighted by atomic mass is 16.2. The molecular formula is C27H35N3O2. The summed E-state index contributed by atoms with van der Waals surface area (Å²) in [4.78, 5) is 33.8. The Labute approximate surface area is 191 Å². The van der Waals surface area contributed by atoms with Gasteiger partial charge in [-0.3, -0.25) is 14.2 Å². The monoisotopic (exact) mass is 433 g/mol. The maximum atomic E-state index is 13.7. The third-order valence-electron chi connectivity index (χ3n) is 5.91. The molecule has 0 aliphatic heterocycles. The first-order valence-electron chi connectivity index (χ1n) is 11.9. The lowest BCUT2D eigenvalue weighted by Crippen LogP contribution is -2.39. The summed E-state index contributed by atoms with van der Waals surface area (Å²) in [6.07, 6.45) is 5.11. The van der Waals surface area contributed by atoms with E-state index in [-0.39, 0.29) is 17.5 Å². The van der Waals surface area contributed by atoms with Crippen molar-refractivity contribution in [1.82, 2.24) is 14.5 Å². The maximum Gasteiger partial charge on any atom is 0.266 e. The van der Waals surface area contributed by atoms with Gasteiger partial charge in [-0.05, 0) is 56.0 Å². The van der Waals surface area contributed by atoms with Crippen molar-refractivity contribution in [2.24, 2.45) is 0 Å². The van der Waals surface area contributed by atoms with Crippen LogP contribution >= 0.6 is 0 Å². The molecule has 0 saturated heterocycles. The van der Waals surface area contributed by atoms with Crippen LogP contribution < -0.4 is 5.56 Å². The van der Waals surface area contributed by atoms with Crippen molar-refractivity contribution in [3.63, 3.8) is 0 Å². The molecule has 170 valence electrons. The Balaban J connectivity index is 2.23. The minimum atomic E-state index is -0.260. The molecule has 2 aromatic carbocycles. The molecule has 1 unspecified atom stereocenters. The second-order valence-electron chi connectivity index (χ2n) is 8.44. The molecule has 3 rings (SSSR count). The first-order valence-corrected chi connectivity index (χ1v) is 11.9. The predicted molar refractivity (Wildman–Crippen MR) is 131 cm³/mol. The fourth-order valence-electron chi connectivity index (χ4n) is 4.28. The molecule has 0 radical (unpaired) electrons. The molecule has 0 spiro atoms. The van der Waals surface area contributed by atoms with E-state index in [1.165, 1.54) is 0 Å². The largest absolute Gasteiger partial charge is 0.333 e. The number of aryl methyl sites for hydroxylation is 1. The lowest BCUT2D eigenvalue weighted by atomic mass is 10.1. The highest BCUT2D eigenvalue weighted by molar-refractivity contribution is 5.79. The number of carbonyl (C=O) groups is 1. The molecule has 5 nitrogen and oxygen atoms in total. The van der Waals surface area contributed by atoms with Crippen LogP contribution in [-0.4, -0.2) is 26.9 Å². The van der Waals surface area contributed by atoms with E-state index in [4.69, 9.17) is 4.98 Å². The second-order valence-corrected chi connectivity index (χ2v) is 8.44. The molecule has 0 aliphatic rings. The predicted octanol–water partition coefficient (Wildman–Crippen LogP) is 5.96. The summed E-state index contributed by atoms with van der Waals surface area (Å²) in [6.45, 7) is 8.96. The van der Waals surface area contributed by atoms with Gasteiger partial charge in [-0.2, -0.15) is 0 Å². The standard InChI is InChI=1S/C27H35N3O2/c1-5-8-11-18-29(25(31)13-6-2)24(7-3)26-28-23-17-10-9-16-22(23)27(32)30(26)21-15-12-14-20(4)19-21/h9-10,12,14-17,19,24H,5-8,11,13,18H2,1-4H3. The van der Waals surface area contributed by atoms with Gasteiger partial charge in [0.2, 0.25) is 5.91 Å². The van der Waals surface area contributed by atoms with Crippen molar-refractivity contribution >= 4 is 16.8 Å². The Morgan fingerprint density at radius 1 is 1.03 bits per heavy atom. The van der Waals surface area contributed by atoms with Gasteiger partial charge in [0.25, 0.3) is 5.56 Å². The zero-order valence-electron chi connectivity index (χ0n) is 19.8. The van der Waals surface area contributed by atoms with Crippen molar-refractivity contribution in [3.05, 3.63) is 70.3 Å². The first kappa shape index (κ1) is 23.7. The van der Waals surface area contributed by atoms with E-state index >= 15 is 0 Å².